The molecule has 114 valence electrons. The van der Waals surface area contributed by atoms with Crippen LogP contribution in [0.1, 0.15) is 19.8 Å². The van der Waals surface area contributed by atoms with Crippen molar-refractivity contribution in [3.63, 3.8) is 0 Å². The lowest BCUT2D eigenvalue weighted by Gasteiger charge is -2.36. The van der Waals surface area contributed by atoms with E-state index in [4.69, 9.17) is 17.3 Å². The highest BCUT2D eigenvalue weighted by atomic mass is 35.5. The van der Waals surface area contributed by atoms with Gasteiger partial charge in [0.1, 0.15) is 0 Å². The fourth-order valence-electron chi connectivity index (χ4n) is 2.52. The summed E-state index contributed by atoms with van der Waals surface area (Å²) in [5.41, 5.74) is 5.73. The average Bonchev–Trinajstić information content (AvgIpc) is 2.38. The molecule has 0 aliphatic carbocycles. The molecule has 1 aliphatic heterocycles. The molecule has 1 fully saturated rings. The Labute approximate surface area is 131 Å². The molecule has 1 aliphatic rings. The van der Waals surface area contributed by atoms with E-state index in [1.807, 2.05) is 0 Å². The first kappa shape index (κ1) is 17.7. The predicted octanol–water partition coefficient (Wildman–Crippen LogP) is 2.51. The second-order valence-electron chi connectivity index (χ2n) is 5.09. The second-order valence-corrected chi connectivity index (χ2v) is 7.42. The number of hydrogen-bond acceptors (Lipinski definition) is 3. The molecule has 1 heterocycles. The van der Waals surface area contributed by atoms with Gasteiger partial charge in [0.15, 0.2) is 0 Å². The lowest BCUT2D eigenvalue weighted by atomic mass is 9.94. The minimum Gasteiger partial charge on any atom is -0.329 e. The van der Waals surface area contributed by atoms with Gasteiger partial charge in [0.2, 0.25) is 10.0 Å². The van der Waals surface area contributed by atoms with Crippen molar-refractivity contribution in [2.45, 2.75) is 30.7 Å². The predicted molar refractivity (Wildman–Crippen MR) is 83.8 cm³/mol. The molecule has 2 atom stereocenters. The Morgan fingerprint density at radius 1 is 1.45 bits per heavy atom. The number of hydrogen-bond donors (Lipinski definition) is 1. The van der Waals surface area contributed by atoms with Crippen LogP contribution >= 0.6 is 24.0 Å². The van der Waals surface area contributed by atoms with Crippen LogP contribution in [-0.2, 0) is 10.0 Å². The Bertz CT molecular complexity index is 551. The van der Waals surface area contributed by atoms with Gasteiger partial charge in [-0.2, -0.15) is 4.31 Å². The zero-order chi connectivity index (χ0) is 14.0. The summed E-state index contributed by atoms with van der Waals surface area (Å²) in [5.74, 6) is 0.513. The van der Waals surface area contributed by atoms with Crippen molar-refractivity contribution in [3.8, 4) is 0 Å². The first-order valence-electron chi connectivity index (χ1n) is 6.42. The van der Waals surface area contributed by atoms with Crippen molar-refractivity contribution >= 4 is 34.0 Å². The maximum absolute atomic E-state index is 12.6. The Morgan fingerprint density at radius 3 is 2.75 bits per heavy atom. The molecule has 1 aromatic carbocycles. The maximum Gasteiger partial charge on any atom is 0.243 e. The molecule has 0 amide bonds. The molecule has 1 saturated heterocycles. The average molecular weight is 339 g/mol. The van der Waals surface area contributed by atoms with E-state index < -0.39 is 10.0 Å². The SMILES string of the molecule is CC1CCN(S(=O)(=O)c2cccc(Cl)c2)C(CN)C1.Cl. The first-order valence-corrected chi connectivity index (χ1v) is 8.24. The van der Waals surface area contributed by atoms with Gasteiger partial charge < -0.3 is 5.73 Å². The summed E-state index contributed by atoms with van der Waals surface area (Å²) < 4.78 is 26.8. The number of halogens is 2. The van der Waals surface area contributed by atoms with E-state index >= 15 is 0 Å². The Hall–Kier alpha value is -0.330. The number of nitrogens with zero attached hydrogens (tertiary/aromatic N) is 1. The fourth-order valence-corrected chi connectivity index (χ4v) is 4.49. The van der Waals surface area contributed by atoms with E-state index in [2.05, 4.69) is 6.92 Å². The Morgan fingerprint density at radius 2 is 2.15 bits per heavy atom. The molecular formula is C13H20Cl2N2O2S. The summed E-state index contributed by atoms with van der Waals surface area (Å²) in [5, 5.41) is 0.427. The highest BCUT2D eigenvalue weighted by Gasteiger charge is 2.34. The van der Waals surface area contributed by atoms with Gasteiger partial charge in [0.25, 0.3) is 0 Å². The van der Waals surface area contributed by atoms with Crippen LogP contribution in [0.15, 0.2) is 29.2 Å². The van der Waals surface area contributed by atoms with Gasteiger partial charge in [-0.15, -0.1) is 12.4 Å². The molecule has 7 heteroatoms. The third kappa shape index (κ3) is 3.65. The van der Waals surface area contributed by atoms with E-state index in [0.717, 1.165) is 12.8 Å². The number of piperidine rings is 1. The highest BCUT2D eigenvalue weighted by Crippen LogP contribution is 2.28. The van der Waals surface area contributed by atoms with Crippen molar-refractivity contribution in [2.75, 3.05) is 13.1 Å². The van der Waals surface area contributed by atoms with Crippen LogP contribution in [0.2, 0.25) is 5.02 Å². The van der Waals surface area contributed by atoms with Gasteiger partial charge in [0, 0.05) is 24.2 Å². The monoisotopic (exact) mass is 338 g/mol. The van der Waals surface area contributed by atoms with E-state index in [9.17, 15) is 8.42 Å². The van der Waals surface area contributed by atoms with Gasteiger partial charge in [-0.05, 0) is 37.0 Å². The molecule has 20 heavy (non-hydrogen) atoms. The Kier molecular flexibility index (Phi) is 6.28. The maximum atomic E-state index is 12.6. The summed E-state index contributed by atoms with van der Waals surface area (Å²) in [4.78, 5) is 0.244. The molecule has 2 unspecified atom stereocenters. The minimum atomic E-state index is -3.50. The van der Waals surface area contributed by atoms with Crippen LogP contribution in [-0.4, -0.2) is 31.9 Å². The molecule has 0 saturated carbocycles. The smallest absolute Gasteiger partial charge is 0.243 e. The van der Waals surface area contributed by atoms with E-state index in [0.29, 0.717) is 24.0 Å². The number of sulfonamides is 1. The normalized spacial score (nSPS) is 24.1. The van der Waals surface area contributed by atoms with Crippen LogP contribution < -0.4 is 5.73 Å². The lowest BCUT2D eigenvalue weighted by molar-refractivity contribution is 0.211. The number of nitrogens with two attached hydrogens (primary N) is 1. The van der Waals surface area contributed by atoms with Gasteiger partial charge >= 0.3 is 0 Å². The van der Waals surface area contributed by atoms with Crippen LogP contribution in [0.3, 0.4) is 0 Å². The molecule has 0 radical (unpaired) electrons. The summed E-state index contributed by atoms with van der Waals surface area (Å²) in [6, 6.07) is 6.26. The van der Waals surface area contributed by atoms with Gasteiger partial charge in [-0.3, -0.25) is 0 Å². The zero-order valence-corrected chi connectivity index (χ0v) is 13.7. The molecular weight excluding hydrogens is 319 g/mol. The van der Waals surface area contributed by atoms with Gasteiger partial charge in [0.05, 0.1) is 4.90 Å². The van der Waals surface area contributed by atoms with Crippen molar-refractivity contribution in [2.24, 2.45) is 11.7 Å². The van der Waals surface area contributed by atoms with Crippen LogP contribution in [0, 0.1) is 5.92 Å². The number of rotatable bonds is 3. The molecule has 1 aromatic rings. The summed E-state index contributed by atoms with van der Waals surface area (Å²) in [7, 11) is -3.50. The topological polar surface area (TPSA) is 63.4 Å². The Balaban J connectivity index is 0.00000200. The largest absolute Gasteiger partial charge is 0.329 e. The standard InChI is InChI=1S/C13H19ClN2O2S.ClH/c1-10-5-6-16(12(7-10)9-15)19(17,18)13-4-2-3-11(14)8-13;/h2-4,8,10,12H,5-7,9,15H2,1H3;1H. The second kappa shape index (κ2) is 7.09. The quantitative estimate of drug-likeness (QED) is 0.920. The van der Waals surface area contributed by atoms with E-state index in [-0.39, 0.29) is 23.3 Å². The summed E-state index contributed by atoms with van der Waals surface area (Å²) in [6.45, 7) is 3.01. The van der Waals surface area contributed by atoms with Crippen molar-refractivity contribution < 1.29 is 8.42 Å². The third-order valence-electron chi connectivity index (χ3n) is 3.60. The zero-order valence-electron chi connectivity index (χ0n) is 11.3. The molecule has 2 N–H and O–H groups in total. The lowest BCUT2D eigenvalue weighted by Crippen LogP contribution is -2.49. The minimum absolute atomic E-state index is 0. The molecule has 4 nitrogen and oxygen atoms in total. The number of benzene rings is 1. The molecule has 0 spiro atoms. The molecule has 0 bridgehead atoms. The van der Waals surface area contributed by atoms with Gasteiger partial charge in [-0.1, -0.05) is 24.6 Å². The van der Waals surface area contributed by atoms with Crippen molar-refractivity contribution in [1.29, 1.82) is 0 Å². The van der Waals surface area contributed by atoms with Crippen LogP contribution in [0.5, 0.6) is 0 Å². The first-order chi connectivity index (χ1) is 8.95. The van der Waals surface area contributed by atoms with Crippen molar-refractivity contribution in [3.05, 3.63) is 29.3 Å². The van der Waals surface area contributed by atoms with E-state index in [1.54, 1.807) is 18.2 Å². The van der Waals surface area contributed by atoms with Crippen molar-refractivity contribution in [1.82, 2.24) is 4.31 Å². The summed E-state index contributed by atoms with van der Waals surface area (Å²) in [6.07, 6.45) is 1.69. The van der Waals surface area contributed by atoms with Crippen LogP contribution in [0.4, 0.5) is 0 Å². The highest BCUT2D eigenvalue weighted by molar-refractivity contribution is 7.89. The molecule has 2 rings (SSSR count). The fraction of sp³-hybridized carbons (Fsp3) is 0.538. The molecule has 0 aromatic heterocycles. The van der Waals surface area contributed by atoms with Crippen LogP contribution in [0.25, 0.3) is 0 Å². The van der Waals surface area contributed by atoms with E-state index in [1.165, 1.54) is 10.4 Å². The third-order valence-corrected chi connectivity index (χ3v) is 5.78. The van der Waals surface area contributed by atoms with Gasteiger partial charge in [-0.25, -0.2) is 8.42 Å². The summed E-state index contributed by atoms with van der Waals surface area (Å²) >= 11 is 5.88.